The van der Waals surface area contributed by atoms with Crippen molar-refractivity contribution in [2.24, 2.45) is 0 Å². The first kappa shape index (κ1) is 20.0. The molecule has 140 valence electrons. The Balaban J connectivity index is 1.99. The summed E-state index contributed by atoms with van der Waals surface area (Å²) in [4.78, 5) is 10.4. The molecule has 0 saturated heterocycles. The zero-order chi connectivity index (χ0) is 18.6. The summed E-state index contributed by atoms with van der Waals surface area (Å²) < 4.78 is 4.57. The molecule has 2 aromatic rings. The van der Waals surface area contributed by atoms with Gasteiger partial charge in [0.25, 0.3) is 0 Å². The third-order valence-electron chi connectivity index (χ3n) is 4.76. The summed E-state index contributed by atoms with van der Waals surface area (Å²) in [6.07, 6.45) is 6.25. The molecule has 0 aliphatic heterocycles. The van der Waals surface area contributed by atoms with Crippen LogP contribution >= 0.6 is 0 Å². The van der Waals surface area contributed by atoms with Crippen molar-refractivity contribution in [1.82, 2.24) is 0 Å². The molecule has 26 heavy (non-hydrogen) atoms. The molecular weight excluding hydrogens is 324 g/mol. The molecule has 0 heterocycles. The molecular formula is C23H30O3. The molecule has 0 aliphatic carbocycles. The van der Waals surface area contributed by atoms with E-state index in [1.807, 2.05) is 0 Å². The second-order valence-corrected chi connectivity index (χ2v) is 6.73. The van der Waals surface area contributed by atoms with E-state index in [0.29, 0.717) is 12.5 Å². The van der Waals surface area contributed by atoms with E-state index in [1.165, 1.54) is 16.7 Å². The standard InChI is InChI=1S/C23H30O3/c1-2-12-19-15-9-10-17-21(19)22(20-13-6-5-7-14-20)16-8-3-4-11-18-26-23(24)25/h5-7,9-10,13-15,17,22H,2-4,8,11-12,16,18H2,1H3,(H,24,25). The van der Waals surface area contributed by atoms with Crippen molar-refractivity contribution in [2.45, 2.75) is 57.8 Å². The van der Waals surface area contributed by atoms with Crippen molar-refractivity contribution in [3.63, 3.8) is 0 Å². The van der Waals surface area contributed by atoms with Gasteiger partial charge in [0.2, 0.25) is 0 Å². The molecule has 2 aromatic carbocycles. The van der Waals surface area contributed by atoms with Gasteiger partial charge in [-0.05, 0) is 36.0 Å². The molecule has 0 radical (unpaired) electrons. The summed E-state index contributed by atoms with van der Waals surface area (Å²) in [5, 5.41) is 8.49. The predicted octanol–water partition coefficient (Wildman–Crippen LogP) is 6.42. The van der Waals surface area contributed by atoms with E-state index < -0.39 is 6.16 Å². The summed E-state index contributed by atoms with van der Waals surface area (Å²) in [6.45, 7) is 2.53. The number of hydrogen-bond acceptors (Lipinski definition) is 2. The van der Waals surface area contributed by atoms with E-state index in [0.717, 1.165) is 44.9 Å². The second kappa shape index (κ2) is 11.3. The fourth-order valence-corrected chi connectivity index (χ4v) is 3.52. The quantitative estimate of drug-likeness (QED) is 0.374. The van der Waals surface area contributed by atoms with Crippen LogP contribution in [0.2, 0.25) is 0 Å². The monoisotopic (exact) mass is 354 g/mol. The molecule has 2 rings (SSSR count). The number of ether oxygens (including phenoxy) is 1. The molecule has 3 nitrogen and oxygen atoms in total. The van der Waals surface area contributed by atoms with E-state index in [2.05, 4.69) is 66.3 Å². The van der Waals surface area contributed by atoms with Gasteiger partial charge in [-0.15, -0.1) is 0 Å². The highest BCUT2D eigenvalue weighted by Gasteiger charge is 2.16. The number of carboxylic acid groups (broad SMARTS) is 1. The topological polar surface area (TPSA) is 46.5 Å². The van der Waals surface area contributed by atoms with Crippen LogP contribution in [0.15, 0.2) is 54.6 Å². The predicted molar refractivity (Wildman–Crippen MR) is 106 cm³/mol. The Kier molecular flexibility index (Phi) is 8.74. The van der Waals surface area contributed by atoms with E-state index in [4.69, 9.17) is 5.11 Å². The molecule has 0 bridgehead atoms. The first-order valence-corrected chi connectivity index (χ1v) is 9.70. The summed E-state index contributed by atoms with van der Waals surface area (Å²) in [5.74, 6) is 0.425. The van der Waals surface area contributed by atoms with Crippen LogP contribution in [0, 0.1) is 0 Å². The zero-order valence-corrected chi connectivity index (χ0v) is 15.7. The third kappa shape index (κ3) is 6.55. The maximum absolute atomic E-state index is 10.4. The maximum atomic E-state index is 10.4. The lowest BCUT2D eigenvalue weighted by atomic mass is 9.83. The van der Waals surface area contributed by atoms with Crippen molar-refractivity contribution in [1.29, 1.82) is 0 Å². The number of aryl methyl sites for hydroxylation is 1. The van der Waals surface area contributed by atoms with Crippen LogP contribution in [-0.4, -0.2) is 17.9 Å². The smallest absolute Gasteiger partial charge is 0.450 e. The Labute approximate surface area is 157 Å². The SMILES string of the molecule is CCCc1ccccc1C(CCCCCCOC(=O)O)c1ccccc1. The highest BCUT2D eigenvalue weighted by molar-refractivity contribution is 5.56. The minimum atomic E-state index is -1.18. The Morgan fingerprint density at radius 2 is 1.65 bits per heavy atom. The fourth-order valence-electron chi connectivity index (χ4n) is 3.52. The van der Waals surface area contributed by atoms with Gasteiger partial charge in [0.1, 0.15) is 0 Å². The van der Waals surface area contributed by atoms with Crippen molar-refractivity contribution in [3.8, 4) is 0 Å². The van der Waals surface area contributed by atoms with Crippen LogP contribution in [0.4, 0.5) is 4.79 Å². The lowest BCUT2D eigenvalue weighted by Crippen LogP contribution is -2.05. The largest absolute Gasteiger partial charge is 0.505 e. The van der Waals surface area contributed by atoms with Crippen molar-refractivity contribution in [2.75, 3.05) is 6.61 Å². The van der Waals surface area contributed by atoms with Crippen molar-refractivity contribution >= 4 is 6.16 Å². The van der Waals surface area contributed by atoms with Gasteiger partial charge < -0.3 is 9.84 Å². The molecule has 0 fully saturated rings. The number of carbonyl (C=O) groups is 1. The van der Waals surface area contributed by atoms with E-state index in [-0.39, 0.29) is 0 Å². The van der Waals surface area contributed by atoms with Crippen molar-refractivity contribution in [3.05, 3.63) is 71.3 Å². The van der Waals surface area contributed by atoms with Gasteiger partial charge in [-0.2, -0.15) is 0 Å². The Hall–Kier alpha value is -2.29. The molecule has 1 unspecified atom stereocenters. The number of rotatable bonds is 11. The van der Waals surface area contributed by atoms with Crippen LogP contribution in [0.25, 0.3) is 0 Å². The lowest BCUT2D eigenvalue weighted by Gasteiger charge is -2.21. The molecule has 0 aliphatic rings. The van der Waals surface area contributed by atoms with Gasteiger partial charge in [-0.25, -0.2) is 4.79 Å². The lowest BCUT2D eigenvalue weighted by molar-refractivity contribution is 0.0899. The minimum Gasteiger partial charge on any atom is -0.450 e. The zero-order valence-electron chi connectivity index (χ0n) is 15.7. The third-order valence-corrected chi connectivity index (χ3v) is 4.76. The Morgan fingerprint density at radius 1 is 0.962 bits per heavy atom. The van der Waals surface area contributed by atoms with Crippen LogP contribution in [0.1, 0.15) is 68.1 Å². The first-order chi connectivity index (χ1) is 12.7. The van der Waals surface area contributed by atoms with Crippen LogP contribution in [0.3, 0.4) is 0 Å². The van der Waals surface area contributed by atoms with Gasteiger partial charge in [-0.1, -0.05) is 87.2 Å². The normalized spacial score (nSPS) is 11.9. The average Bonchev–Trinajstić information content (AvgIpc) is 2.65. The summed E-state index contributed by atoms with van der Waals surface area (Å²) in [5.41, 5.74) is 4.29. The van der Waals surface area contributed by atoms with E-state index in [9.17, 15) is 4.79 Å². The Morgan fingerprint density at radius 3 is 2.38 bits per heavy atom. The highest BCUT2D eigenvalue weighted by Crippen LogP contribution is 2.32. The number of benzene rings is 2. The number of hydrogen-bond donors (Lipinski definition) is 1. The molecule has 0 spiro atoms. The van der Waals surface area contributed by atoms with Crippen LogP contribution < -0.4 is 0 Å². The van der Waals surface area contributed by atoms with Gasteiger partial charge in [0.05, 0.1) is 6.61 Å². The molecule has 1 atom stereocenters. The van der Waals surface area contributed by atoms with Gasteiger partial charge in [0, 0.05) is 5.92 Å². The number of unbranched alkanes of at least 4 members (excludes halogenated alkanes) is 3. The van der Waals surface area contributed by atoms with Crippen molar-refractivity contribution < 1.29 is 14.6 Å². The second-order valence-electron chi connectivity index (χ2n) is 6.73. The van der Waals surface area contributed by atoms with E-state index in [1.54, 1.807) is 0 Å². The minimum absolute atomic E-state index is 0.302. The molecule has 3 heteroatoms. The average molecular weight is 354 g/mol. The molecule has 1 N–H and O–H groups in total. The Bertz CT molecular complexity index is 652. The van der Waals surface area contributed by atoms with Crippen LogP contribution in [0.5, 0.6) is 0 Å². The highest BCUT2D eigenvalue weighted by atomic mass is 16.7. The van der Waals surface area contributed by atoms with Gasteiger partial charge in [0.15, 0.2) is 0 Å². The summed E-state index contributed by atoms with van der Waals surface area (Å²) in [7, 11) is 0. The van der Waals surface area contributed by atoms with E-state index >= 15 is 0 Å². The molecule has 0 amide bonds. The maximum Gasteiger partial charge on any atom is 0.505 e. The summed E-state index contributed by atoms with van der Waals surface area (Å²) >= 11 is 0. The molecule has 0 saturated carbocycles. The van der Waals surface area contributed by atoms with Gasteiger partial charge in [-0.3, -0.25) is 0 Å². The van der Waals surface area contributed by atoms with Gasteiger partial charge >= 0.3 is 6.16 Å². The first-order valence-electron chi connectivity index (χ1n) is 9.70. The fraction of sp³-hybridized carbons (Fsp3) is 0.435. The van der Waals surface area contributed by atoms with Crippen LogP contribution in [-0.2, 0) is 11.2 Å². The summed E-state index contributed by atoms with van der Waals surface area (Å²) in [6, 6.07) is 19.6. The molecule has 0 aromatic heterocycles.